The second-order valence-corrected chi connectivity index (χ2v) is 13.5. The van der Waals surface area contributed by atoms with Crippen LogP contribution in [0.15, 0.2) is 59.1 Å². The fourth-order valence-corrected chi connectivity index (χ4v) is 9.03. The van der Waals surface area contributed by atoms with Gasteiger partial charge in [-0.05, 0) is 36.9 Å². The normalized spacial score (nSPS) is 23.5. The average Bonchev–Trinajstić information content (AvgIpc) is 3.43. The Morgan fingerprint density at radius 2 is 1.73 bits per heavy atom. The fourth-order valence-electron chi connectivity index (χ4n) is 5.66. The van der Waals surface area contributed by atoms with Gasteiger partial charge in [-0.2, -0.15) is 4.31 Å². The Balaban J connectivity index is 1.42. The maximum absolute atomic E-state index is 13.9. The first kappa shape index (κ1) is 26.3. The lowest BCUT2D eigenvalue weighted by atomic mass is 9.97. The zero-order valence-electron chi connectivity index (χ0n) is 21.0. The van der Waals surface area contributed by atoms with E-state index in [0.717, 1.165) is 22.8 Å². The van der Waals surface area contributed by atoms with Gasteiger partial charge in [-0.15, -0.1) is 0 Å². The second kappa shape index (κ2) is 10.5. The van der Waals surface area contributed by atoms with Crippen LogP contribution in [-0.2, 0) is 29.6 Å². The third kappa shape index (κ3) is 4.83. The highest BCUT2D eigenvalue weighted by Gasteiger charge is 2.55. The topological polar surface area (TPSA) is 104 Å². The van der Waals surface area contributed by atoms with Gasteiger partial charge in [0.2, 0.25) is 15.9 Å². The summed E-state index contributed by atoms with van der Waals surface area (Å²) in [5, 5.41) is 1.28. The van der Waals surface area contributed by atoms with E-state index in [1.807, 2.05) is 25.1 Å². The number of carbonyl (C=O) groups excluding carboxylic acids is 1. The van der Waals surface area contributed by atoms with Crippen LogP contribution in [-0.4, -0.2) is 87.4 Å². The minimum Gasteiger partial charge on any atom is -0.379 e. The van der Waals surface area contributed by atoms with Crippen molar-refractivity contribution in [2.45, 2.75) is 37.1 Å². The van der Waals surface area contributed by atoms with Gasteiger partial charge in [-0.25, -0.2) is 21.1 Å². The summed E-state index contributed by atoms with van der Waals surface area (Å²) in [7, 11) is -7.95. The van der Waals surface area contributed by atoms with Crippen LogP contribution in [0.3, 0.4) is 0 Å². The molecule has 11 heteroatoms. The summed E-state index contributed by atoms with van der Waals surface area (Å²) in [5.41, 5.74) is 0.258. The largest absolute Gasteiger partial charge is 0.379 e. The molecule has 1 amide bonds. The number of rotatable bonds is 9. The lowest BCUT2D eigenvalue weighted by Gasteiger charge is -2.28. The van der Waals surface area contributed by atoms with Crippen LogP contribution < -0.4 is 0 Å². The first-order valence-electron chi connectivity index (χ1n) is 12.8. The van der Waals surface area contributed by atoms with Gasteiger partial charge in [0.1, 0.15) is 0 Å². The lowest BCUT2D eigenvalue weighted by Crippen LogP contribution is -2.43. The quantitative estimate of drug-likeness (QED) is 0.475. The molecule has 0 unspecified atom stereocenters. The lowest BCUT2D eigenvalue weighted by molar-refractivity contribution is -0.127. The summed E-state index contributed by atoms with van der Waals surface area (Å²) in [6.45, 7) is 5.49. The molecule has 2 aromatic carbocycles. The smallest absolute Gasteiger partial charge is 0.271 e. The number of morpholine rings is 1. The summed E-state index contributed by atoms with van der Waals surface area (Å²) in [4.78, 5) is 15.9. The van der Waals surface area contributed by atoms with Crippen molar-refractivity contribution in [2.24, 2.45) is 5.92 Å². The van der Waals surface area contributed by atoms with Crippen molar-refractivity contribution < 1.29 is 26.4 Å². The van der Waals surface area contributed by atoms with E-state index in [2.05, 4.69) is 4.90 Å². The second-order valence-electron chi connectivity index (χ2n) is 9.75. The Hall–Kier alpha value is -2.31. The molecule has 37 heavy (non-hydrogen) atoms. The molecule has 0 radical (unpaired) electrons. The first-order chi connectivity index (χ1) is 17.8. The molecule has 5 rings (SSSR count). The van der Waals surface area contributed by atoms with Crippen molar-refractivity contribution in [1.29, 1.82) is 0 Å². The van der Waals surface area contributed by atoms with E-state index in [1.165, 1.54) is 10.4 Å². The van der Waals surface area contributed by atoms with E-state index in [9.17, 15) is 21.6 Å². The number of benzene rings is 2. The summed E-state index contributed by atoms with van der Waals surface area (Å²) in [6.07, 6.45) is 3.10. The van der Waals surface area contributed by atoms with Crippen LogP contribution in [0.1, 0.15) is 26.2 Å². The number of hydrogen-bond acceptors (Lipinski definition) is 7. The summed E-state index contributed by atoms with van der Waals surface area (Å²) < 4.78 is 62.3. The third-order valence-corrected chi connectivity index (χ3v) is 11.1. The number of ether oxygens (including phenoxy) is 1. The molecule has 200 valence electrons. The Kier molecular flexibility index (Phi) is 7.43. The summed E-state index contributed by atoms with van der Waals surface area (Å²) in [6, 6.07) is 11.3. The van der Waals surface area contributed by atoms with E-state index >= 15 is 0 Å². The van der Waals surface area contributed by atoms with Crippen molar-refractivity contribution in [3.63, 3.8) is 0 Å². The van der Waals surface area contributed by atoms with Gasteiger partial charge < -0.3 is 4.74 Å². The molecule has 3 aliphatic heterocycles. The van der Waals surface area contributed by atoms with Gasteiger partial charge in [0.15, 0.2) is 0 Å². The molecular weight excluding hydrogens is 514 g/mol. The highest BCUT2D eigenvalue weighted by atomic mass is 32.2. The van der Waals surface area contributed by atoms with Crippen LogP contribution in [0.25, 0.3) is 10.8 Å². The predicted octanol–water partition coefficient (Wildman–Crippen LogP) is 2.41. The van der Waals surface area contributed by atoms with Gasteiger partial charge in [-0.3, -0.25) is 9.69 Å². The molecule has 2 fully saturated rings. The molecule has 9 nitrogen and oxygen atoms in total. The molecule has 0 aromatic heterocycles. The number of nitrogens with zero attached hydrogens (tertiary/aromatic N) is 3. The average molecular weight is 548 g/mol. The predicted molar refractivity (Wildman–Crippen MR) is 141 cm³/mol. The number of sulfonamides is 2. The monoisotopic (exact) mass is 547 g/mol. The summed E-state index contributed by atoms with van der Waals surface area (Å²) in [5.74, 6) is -1.35. The maximum atomic E-state index is 13.9. The maximum Gasteiger partial charge on any atom is 0.271 e. The van der Waals surface area contributed by atoms with Gasteiger partial charge in [0.25, 0.3) is 10.0 Å². The minimum atomic E-state index is -4.24. The van der Waals surface area contributed by atoms with E-state index < -0.39 is 37.9 Å². The number of carbonyl (C=O) groups is 1. The van der Waals surface area contributed by atoms with Gasteiger partial charge in [0.05, 0.1) is 41.5 Å². The number of fused-ring (bicyclic) bond motifs is 2. The van der Waals surface area contributed by atoms with E-state index in [4.69, 9.17) is 4.74 Å². The number of hydrogen-bond donors (Lipinski definition) is 0. The van der Waals surface area contributed by atoms with E-state index in [-0.39, 0.29) is 22.9 Å². The molecule has 2 atom stereocenters. The van der Waals surface area contributed by atoms with Crippen molar-refractivity contribution in [3.05, 3.63) is 54.2 Å². The van der Waals surface area contributed by atoms with Gasteiger partial charge >= 0.3 is 0 Å². The Bertz CT molecular complexity index is 1410. The Labute approximate surface area is 218 Å². The molecule has 2 saturated heterocycles. The summed E-state index contributed by atoms with van der Waals surface area (Å²) >= 11 is 0. The van der Waals surface area contributed by atoms with Crippen molar-refractivity contribution in [3.8, 4) is 0 Å². The van der Waals surface area contributed by atoms with Crippen molar-refractivity contribution in [2.75, 3.05) is 45.1 Å². The standard InChI is InChI=1S/C26H33N3O6S2/c1-2-7-22-25-23(12-14-28(25)36(31,32)19-6-13-27-15-17-35-18-16-27)29(26(22)30)37(33,34)24-11-5-9-20-8-3-4-10-21(20)24/h3-5,8-12,22,25H,2,6-7,13-19H2,1H3/t22-,25-/m1/s1. The molecule has 3 heterocycles. The van der Waals surface area contributed by atoms with E-state index in [0.29, 0.717) is 44.4 Å². The highest BCUT2D eigenvalue weighted by Crippen LogP contribution is 2.43. The Morgan fingerprint density at radius 1 is 1.00 bits per heavy atom. The molecule has 0 N–H and O–H groups in total. The molecule has 0 bridgehead atoms. The molecular formula is C26H33N3O6S2. The zero-order chi connectivity index (χ0) is 26.2. The highest BCUT2D eigenvalue weighted by molar-refractivity contribution is 7.90. The molecule has 0 spiro atoms. The number of amides is 1. The van der Waals surface area contributed by atoms with Crippen LogP contribution >= 0.6 is 0 Å². The van der Waals surface area contributed by atoms with Gasteiger partial charge in [-0.1, -0.05) is 49.7 Å². The first-order valence-corrected chi connectivity index (χ1v) is 15.9. The zero-order valence-corrected chi connectivity index (χ0v) is 22.6. The SMILES string of the molecule is CCC[C@H]1C(=O)N(S(=O)(=O)c2cccc3ccccc23)C2=CCN(S(=O)(=O)CCCN3CCOCC3)[C@@H]21. The van der Waals surface area contributed by atoms with Crippen LogP contribution in [0.2, 0.25) is 0 Å². The minimum absolute atomic E-state index is 0.0440. The van der Waals surface area contributed by atoms with E-state index in [1.54, 1.807) is 24.3 Å². The third-order valence-electron chi connectivity index (χ3n) is 7.43. The fraction of sp³-hybridized carbons (Fsp3) is 0.500. The van der Waals surface area contributed by atoms with Crippen LogP contribution in [0.4, 0.5) is 0 Å². The molecule has 0 aliphatic carbocycles. The molecule has 2 aromatic rings. The molecule has 0 saturated carbocycles. The molecule has 3 aliphatic rings. The van der Waals surface area contributed by atoms with Crippen molar-refractivity contribution >= 4 is 36.7 Å². The Morgan fingerprint density at radius 3 is 2.49 bits per heavy atom. The van der Waals surface area contributed by atoms with Gasteiger partial charge in [0, 0.05) is 25.0 Å². The van der Waals surface area contributed by atoms with Crippen LogP contribution in [0.5, 0.6) is 0 Å². The van der Waals surface area contributed by atoms with Crippen molar-refractivity contribution in [1.82, 2.24) is 13.5 Å². The van der Waals surface area contributed by atoms with Crippen LogP contribution in [0, 0.1) is 5.92 Å².